The molecule has 16 heavy (non-hydrogen) atoms. The molecule has 4 nitrogen and oxygen atoms in total. The highest BCUT2D eigenvalue weighted by atomic mass is 16.4. The Bertz CT molecular complexity index is 550. The highest BCUT2D eigenvalue weighted by Crippen LogP contribution is 2.24. The first-order valence-electron chi connectivity index (χ1n) is 5.09. The topological polar surface area (TPSA) is 54.6 Å². The molecule has 0 aliphatic heterocycles. The van der Waals surface area contributed by atoms with E-state index >= 15 is 0 Å². The van der Waals surface area contributed by atoms with Crippen molar-refractivity contribution in [3.8, 4) is 0 Å². The Labute approximate surface area is 93.5 Å². The van der Waals surface area contributed by atoms with Crippen molar-refractivity contribution in [3.63, 3.8) is 0 Å². The van der Waals surface area contributed by atoms with Gasteiger partial charge < -0.3 is 9.51 Å². The van der Waals surface area contributed by atoms with Crippen LogP contribution in [0.5, 0.6) is 0 Å². The van der Waals surface area contributed by atoms with Gasteiger partial charge >= 0.3 is 5.97 Å². The Morgan fingerprint density at radius 3 is 2.62 bits per heavy atom. The van der Waals surface area contributed by atoms with Gasteiger partial charge in [-0.2, -0.15) is 0 Å². The van der Waals surface area contributed by atoms with Crippen LogP contribution in [0.15, 0.2) is 24.7 Å². The lowest BCUT2D eigenvalue weighted by Crippen LogP contribution is -2.09. The Morgan fingerprint density at radius 2 is 2.06 bits per heavy atom. The molecule has 1 N–H and O–H groups in total. The van der Waals surface area contributed by atoms with Gasteiger partial charge in [0.15, 0.2) is 5.69 Å². The van der Waals surface area contributed by atoms with Crippen LogP contribution in [0.1, 0.15) is 36.8 Å². The second-order valence-corrected chi connectivity index (χ2v) is 4.89. The molecule has 2 aromatic rings. The van der Waals surface area contributed by atoms with Crippen LogP contribution in [0.3, 0.4) is 0 Å². The lowest BCUT2D eigenvalue weighted by Gasteiger charge is -2.15. The number of carboxylic acid groups (broad SMARTS) is 1. The second kappa shape index (κ2) is 3.33. The molecule has 0 radical (unpaired) electrons. The predicted octanol–water partition coefficient (Wildman–Crippen LogP) is 2.33. The molecule has 0 saturated heterocycles. The Balaban J connectivity index is 2.59. The summed E-state index contributed by atoms with van der Waals surface area (Å²) in [6.07, 6.45) is 3.52. The highest BCUT2D eigenvalue weighted by molar-refractivity contribution is 5.86. The summed E-state index contributed by atoms with van der Waals surface area (Å²) in [5, 5.41) is 8.84. The molecule has 0 amide bonds. The lowest BCUT2D eigenvalue weighted by molar-refractivity contribution is 0.0690. The average molecular weight is 218 g/mol. The number of hydrogen-bond acceptors (Lipinski definition) is 2. The van der Waals surface area contributed by atoms with E-state index in [4.69, 9.17) is 5.11 Å². The van der Waals surface area contributed by atoms with E-state index in [0.717, 1.165) is 11.1 Å². The molecule has 0 saturated carbocycles. The molecule has 0 unspecified atom stereocenters. The van der Waals surface area contributed by atoms with Gasteiger partial charge in [0, 0.05) is 11.7 Å². The largest absolute Gasteiger partial charge is 0.477 e. The van der Waals surface area contributed by atoms with E-state index in [-0.39, 0.29) is 11.1 Å². The standard InChI is InChI=1S/C12H14N2O2/c1-12(2,3)8-4-9-5-10(11(15)16)13-7-14(9)6-8/h4-7H,1-3H3,(H,15,16). The van der Waals surface area contributed by atoms with Crippen molar-refractivity contribution in [2.45, 2.75) is 26.2 Å². The maximum absolute atomic E-state index is 10.8. The lowest BCUT2D eigenvalue weighted by atomic mass is 9.89. The molecule has 4 heteroatoms. The van der Waals surface area contributed by atoms with E-state index in [2.05, 4.69) is 25.8 Å². The van der Waals surface area contributed by atoms with E-state index in [1.165, 1.54) is 6.33 Å². The SMILES string of the molecule is CC(C)(C)c1cc2cc(C(=O)O)ncn2c1. The van der Waals surface area contributed by atoms with Crippen LogP contribution in [0.4, 0.5) is 0 Å². The first-order valence-corrected chi connectivity index (χ1v) is 5.09. The summed E-state index contributed by atoms with van der Waals surface area (Å²) < 4.78 is 1.84. The van der Waals surface area contributed by atoms with E-state index in [0.29, 0.717) is 0 Å². The summed E-state index contributed by atoms with van der Waals surface area (Å²) in [7, 11) is 0. The zero-order valence-electron chi connectivity index (χ0n) is 9.56. The summed E-state index contributed by atoms with van der Waals surface area (Å²) in [6.45, 7) is 6.36. The molecule has 0 fully saturated rings. The summed E-state index contributed by atoms with van der Waals surface area (Å²) in [5.41, 5.74) is 2.15. The molecule has 2 heterocycles. The quantitative estimate of drug-likeness (QED) is 0.799. The van der Waals surface area contributed by atoms with E-state index in [9.17, 15) is 4.79 Å². The fraction of sp³-hybridized carbons (Fsp3) is 0.333. The number of hydrogen-bond donors (Lipinski definition) is 1. The second-order valence-electron chi connectivity index (χ2n) is 4.89. The third kappa shape index (κ3) is 1.78. The molecule has 0 spiro atoms. The third-order valence-electron chi connectivity index (χ3n) is 2.57. The van der Waals surface area contributed by atoms with Crippen LogP contribution in [0, 0.1) is 0 Å². The van der Waals surface area contributed by atoms with Gasteiger partial charge in [-0.15, -0.1) is 0 Å². The van der Waals surface area contributed by atoms with Gasteiger partial charge in [0.05, 0.1) is 0 Å². The van der Waals surface area contributed by atoms with E-state index < -0.39 is 5.97 Å². The summed E-state index contributed by atoms with van der Waals surface area (Å²) in [4.78, 5) is 14.6. The molecule has 0 atom stereocenters. The van der Waals surface area contributed by atoms with Crippen molar-refractivity contribution in [1.29, 1.82) is 0 Å². The average Bonchev–Trinajstić information content (AvgIpc) is 2.58. The van der Waals surface area contributed by atoms with Gasteiger partial charge in [-0.25, -0.2) is 9.78 Å². The van der Waals surface area contributed by atoms with Crippen LogP contribution in [0.25, 0.3) is 5.52 Å². The maximum atomic E-state index is 10.8. The number of carboxylic acids is 1. The van der Waals surface area contributed by atoms with Crippen molar-refractivity contribution in [1.82, 2.24) is 9.38 Å². The first kappa shape index (κ1) is 10.7. The normalized spacial score (nSPS) is 11.9. The number of fused-ring (bicyclic) bond motifs is 1. The number of aromatic nitrogens is 2. The minimum absolute atomic E-state index is 0.0510. The maximum Gasteiger partial charge on any atom is 0.354 e. The van der Waals surface area contributed by atoms with Crippen molar-refractivity contribution in [2.24, 2.45) is 0 Å². The van der Waals surface area contributed by atoms with Gasteiger partial charge in [-0.05, 0) is 23.1 Å². The monoisotopic (exact) mass is 218 g/mol. The number of nitrogens with zero attached hydrogens (tertiary/aromatic N) is 2. The summed E-state index contributed by atoms with van der Waals surface area (Å²) in [5.74, 6) is -0.999. The third-order valence-corrected chi connectivity index (χ3v) is 2.57. The van der Waals surface area contributed by atoms with E-state index in [1.807, 2.05) is 16.7 Å². The van der Waals surface area contributed by atoms with Gasteiger partial charge in [0.1, 0.15) is 6.33 Å². The number of aromatic carboxylic acids is 1. The van der Waals surface area contributed by atoms with Gasteiger partial charge in [0.25, 0.3) is 0 Å². The summed E-state index contributed by atoms with van der Waals surface area (Å²) >= 11 is 0. The molecule has 84 valence electrons. The number of rotatable bonds is 1. The molecular weight excluding hydrogens is 204 g/mol. The zero-order valence-corrected chi connectivity index (χ0v) is 9.56. The summed E-state index contributed by atoms with van der Waals surface area (Å²) in [6, 6.07) is 3.58. The smallest absolute Gasteiger partial charge is 0.354 e. The van der Waals surface area contributed by atoms with Crippen LogP contribution in [-0.2, 0) is 5.41 Å². The first-order chi connectivity index (χ1) is 7.38. The fourth-order valence-electron chi connectivity index (χ4n) is 1.54. The van der Waals surface area contributed by atoms with Crippen molar-refractivity contribution < 1.29 is 9.90 Å². The van der Waals surface area contributed by atoms with Gasteiger partial charge in [0.2, 0.25) is 0 Å². The molecule has 2 rings (SSSR count). The molecule has 0 bridgehead atoms. The molecular formula is C12H14N2O2. The zero-order chi connectivity index (χ0) is 11.9. The van der Waals surface area contributed by atoms with Crippen LogP contribution in [-0.4, -0.2) is 20.5 Å². The van der Waals surface area contributed by atoms with Crippen molar-refractivity contribution >= 4 is 11.5 Å². The van der Waals surface area contributed by atoms with Crippen molar-refractivity contribution in [2.75, 3.05) is 0 Å². The Hall–Kier alpha value is -1.84. The number of carbonyl (C=O) groups is 1. The molecule has 0 aliphatic carbocycles. The van der Waals surface area contributed by atoms with Gasteiger partial charge in [-0.3, -0.25) is 0 Å². The van der Waals surface area contributed by atoms with E-state index in [1.54, 1.807) is 6.07 Å². The minimum atomic E-state index is -0.999. The van der Waals surface area contributed by atoms with Gasteiger partial charge in [-0.1, -0.05) is 20.8 Å². The highest BCUT2D eigenvalue weighted by Gasteiger charge is 2.16. The Kier molecular flexibility index (Phi) is 2.22. The van der Waals surface area contributed by atoms with Crippen LogP contribution in [0.2, 0.25) is 0 Å². The van der Waals surface area contributed by atoms with Crippen LogP contribution < -0.4 is 0 Å². The molecule has 0 aromatic carbocycles. The Morgan fingerprint density at radius 1 is 1.38 bits per heavy atom. The molecule has 2 aromatic heterocycles. The fourth-order valence-corrected chi connectivity index (χ4v) is 1.54. The predicted molar refractivity (Wildman–Crippen MR) is 60.9 cm³/mol. The molecule has 0 aliphatic rings. The van der Waals surface area contributed by atoms with Crippen molar-refractivity contribution in [3.05, 3.63) is 35.9 Å². The van der Waals surface area contributed by atoms with Crippen LogP contribution >= 0.6 is 0 Å². The minimum Gasteiger partial charge on any atom is -0.477 e.